The van der Waals surface area contributed by atoms with Gasteiger partial charge in [0.15, 0.2) is 14.0 Å². The molecule has 0 aromatic carbocycles. The first-order chi connectivity index (χ1) is 7.72. The minimum absolute atomic E-state index is 0. The van der Waals surface area contributed by atoms with Gasteiger partial charge in [0, 0.05) is 37.5 Å². The molecule has 0 heterocycles. The molecule has 0 saturated carbocycles. The van der Waals surface area contributed by atoms with Crippen molar-refractivity contribution in [2.75, 3.05) is 40.9 Å². The quantitative estimate of drug-likeness (QED) is 0.299. The fourth-order valence-electron chi connectivity index (χ4n) is 0.904. The van der Waals surface area contributed by atoms with Crippen LogP contribution >= 0.6 is 8.17 Å². The molecule has 1 N–H and O–H groups in total. The number of hydrogen-bond acceptors (Lipinski definition) is 4. The minimum atomic E-state index is -1.97. The van der Waals surface area contributed by atoms with Crippen molar-refractivity contribution < 1.29 is 49.4 Å². The van der Waals surface area contributed by atoms with Gasteiger partial charge in [0.1, 0.15) is 13.2 Å². The summed E-state index contributed by atoms with van der Waals surface area (Å²) in [5.74, 6) is -0.0221. The van der Waals surface area contributed by atoms with Crippen LogP contribution in [0.5, 0.6) is 0 Å². The summed E-state index contributed by atoms with van der Waals surface area (Å²) in [4.78, 5) is 11.2. The average molecular weight is 501 g/mol. The van der Waals surface area contributed by atoms with Gasteiger partial charge < -0.3 is 13.5 Å². The molecule has 0 aliphatic rings. The van der Waals surface area contributed by atoms with Gasteiger partial charge in [-0.2, -0.15) is 0 Å². The zero-order chi connectivity index (χ0) is 13.5. The maximum Gasteiger partial charge on any atom is 0.197 e. The summed E-state index contributed by atoms with van der Waals surface area (Å²) in [7, 11) is 4.21. The summed E-state index contributed by atoms with van der Waals surface area (Å²) in [5, 5.41) is 7.55. The zero-order valence-corrected chi connectivity index (χ0v) is 16.9. The SMILES string of the molecule is C=C(C)C(=O)CCO[PH](=N)OCC[N+](C)(C)C.[U]. The van der Waals surface area contributed by atoms with Gasteiger partial charge in [-0.25, -0.2) is 0 Å². The van der Waals surface area contributed by atoms with E-state index >= 15 is 0 Å². The molecule has 18 heavy (non-hydrogen) atoms. The standard InChI is InChI=1S/C11H24N2O3P.U/c1-10(2)11(14)6-8-15-17(12)16-9-7-13(3,4)5;/h12,17H,1,6-9H2,2-5H3;/q+1;. The van der Waals surface area contributed by atoms with Crippen molar-refractivity contribution >= 4 is 14.0 Å². The van der Waals surface area contributed by atoms with E-state index in [1.54, 1.807) is 6.92 Å². The summed E-state index contributed by atoms with van der Waals surface area (Å²) in [6.45, 7) is 6.81. The van der Waals surface area contributed by atoms with E-state index in [2.05, 4.69) is 27.7 Å². The molecule has 104 valence electrons. The van der Waals surface area contributed by atoms with E-state index < -0.39 is 8.17 Å². The van der Waals surface area contributed by atoms with Crippen LogP contribution in [0.3, 0.4) is 0 Å². The number of nitrogens with zero attached hydrogens (tertiary/aromatic N) is 1. The molecule has 0 amide bonds. The number of quaternary nitrogens is 1. The van der Waals surface area contributed by atoms with Crippen molar-refractivity contribution in [3.05, 3.63) is 12.2 Å². The van der Waals surface area contributed by atoms with Gasteiger partial charge in [-0.1, -0.05) is 6.58 Å². The first kappa shape index (κ1) is 20.9. The molecular formula is C11H24N2O3PU+. The number of rotatable bonds is 9. The fraction of sp³-hybridized carbons (Fsp3) is 0.727. The van der Waals surface area contributed by atoms with E-state index in [1.165, 1.54) is 0 Å². The van der Waals surface area contributed by atoms with Crippen LogP contribution in [0.1, 0.15) is 13.3 Å². The van der Waals surface area contributed by atoms with E-state index in [0.29, 0.717) is 12.2 Å². The first-order valence-electron chi connectivity index (χ1n) is 5.55. The van der Waals surface area contributed by atoms with Gasteiger partial charge >= 0.3 is 0 Å². The largest absolute Gasteiger partial charge is 0.329 e. The molecule has 0 rings (SSSR count). The summed E-state index contributed by atoms with van der Waals surface area (Å²) >= 11 is 0. The smallest absolute Gasteiger partial charge is 0.197 e. The Hall–Kier alpha value is 0.572. The van der Waals surface area contributed by atoms with Crippen LogP contribution in [0.25, 0.3) is 0 Å². The van der Waals surface area contributed by atoms with E-state index in [1.807, 2.05) is 0 Å². The zero-order valence-electron chi connectivity index (χ0n) is 11.7. The fourth-order valence-corrected chi connectivity index (χ4v) is 1.55. The predicted octanol–water partition coefficient (Wildman–Crippen LogP) is 2.07. The number of allylic oxidation sites excluding steroid dienone is 1. The molecule has 7 heteroatoms. The molecule has 0 radical (unpaired) electrons. The predicted molar refractivity (Wildman–Crippen MR) is 70.3 cm³/mol. The van der Waals surface area contributed by atoms with Crippen LogP contribution in [-0.2, 0) is 13.8 Å². The molecule has 1 atom stereocenters. The Morgan fingerprint density at radius 3 is 2.22 bits per heavy atom. The van der Waals surface area contributed by atoms with Crippen molar-refractivity contribution in [2.45, 2.75) is 13.3 Å². The second-order valence-electron chi connectivity index (χ2n) is 4.95. The first-order valence-corrected chi connectivity index (χ1v) is 6.87. The van der Waals surface area contributed by atoms with Crippen molar-refractivity contribution in [2.24, 2.45) is 0 Å². The van der Waals surface area contributed by atoms with Crippen molar-refractivity contribution in [3.8, 4) is 0 Å². The maximum absolute atomic E-state index is 11.2. The second kappa shape index (κ2) is 10.4. The number of Topliss-reactive ketones (excluding diaryl/α,β-unsaturated/α-hetero) is 1. The summed E-state index contributed by atoms with van der Waals surface area (Å²) < 4.78 is 11.2. The van der Waals surface area contributed by atoms with Gasteiger partial charge in [-0.15, -0.1) is 0 Å². The monoisotopic (exact) mass is 501 g/mol. The molecule has 0 aromatic heterocycles. The number of likely N-dealkylation sites (N-methyl/N-ethyl adjacent to an activating group) is 1. The van der Waals surface area contributed by atoms with E-state index in [9.17, 15) is 4.79 Å². The second-order valence-corrected chi connectivity index (χ2v) is 6.10. The molecular weight excluding hydrogens is 477 g/mol. The molecule has 0 aliphatic heterocycles. The van der Waals surface area contributed by atoms with E-state index in [4.69, 9.17) is 14.2 Å². The third kappa shape index (κ3) is 13.0. The third-order valence-corrected chi connectivity index (χ3v) is 2.97. The van der Waals surface area contributed by atoms with Crippen LogP contribution in [-0.4, -0.2) is 51.2 Å². The third-order valence-electron chi connectivity index (χ3n) is 2.03. The Morgan fingerprint density at radius 2 is 1.78 bits per heavy atom. The number of nitrogens with one attached hydrogen (secondary N) is 1. The van der Waals surface area contributed by atoms with Crippen molar-refractivity contribution in [1.82, 2.24) is 0 Å². The normalized spacial score (nSPS) is 12.7. The summed E-state index contributed by atoms with van der Waals surface area (Å²) in [6, 6.07) is 0. The molecule has 0 bridgehead atoms. The van der Waals surface area contributed by atoms with Crippen LogP contribution in [0.4, 0.5) is 0 Å². The van der Waals surface area contributed by atoms with Gasteiger partial charge in [-0.3, -0.25) is 9.96 Å². The van der Waals surface area contributed by atoms with Crippen LogP contribution in [0, 0.1) is 36.3 Å². The molecule has 5 nitrogen and oxygen atoms in total. The van der Waals surface area contributed by atoms with Crippen LogP contribution in [0.15, 0.2) is 12.2 Å². The number of hydrogen-bond donors (Lipinski definition) is 1. The van der Waals surface area contributed by atoms with Gasteiger partial charge in [-0.05, 0) is 12.5 Å². The average Bonchev–Trinajstić information content (AvgIpc) is 2.15. The summed E-state index contributed by atoms with van der Waals surface area (Å²) in [6.07, 6.45) is 0.279. The van der Waals surface area contributed by atoms with Gasteiger partial charge in [0.25, 0.3) is 0 Å². The molecule has 0 fully saturated rings. The van der Waals surface area contributed by atoms with Crippen LogP contribution in [0.2, 0.25) is 0 Å². The molecule has 1 unspecified atom stereocenters. The van der Waals surface area contributed by atoms with Crippen molar-refractivity contribution in [3.63, 3.8) is 0 Å². The Bertz CT molecular complexity index is 303. The Kier molecular flexibility index (Phi) is 12.0. The van der Waals surface area contributed by atoms with Gasteiger partial charge in [0.05, 0.1) is 27.7 Å². The number of ketones is 1. The Balaban J connectivity index is 0. The van der Waals surface area contributed by atoms with Crippen LogP contribution < -0.4 is 0 Å². The Labute approximate surface area is 134 Å². The Morgan fingerprint density at radius 1 is 1.28 bits per heavy atom. The molecule has 0 aliphatic carbocycles. The van der Waals surface area contributed by atoms with Crippen molar-refractivity contribution in [1.29, 1.82) is 5.16 Å². The molecule has 0 saturated heterocycles. The van der Waals surface area contributed by atoms with E-state index in [0.717, 1.165) is 11.0 Å². The van der Waals surface area contributed by atoms with E-state index in [-0.39, 0.29) is 49.9 Å². The molecule has 0 spiro atoms. The molecule has 0 aromatic rings. The number of carbonyl (C=O) groups is 1. The summed E-state index contributed by atoms with van der Waals surface area (Å²) in [5.41, 5.74) is 0.526. The minimum Gasteiger partial charge on any atom is -0.329 e. The maximum atomic E-state index is 11.2. The number of carbonyl (C=O) groups excluding carboxylic acids is 1. The van der Waals surface area contributed by atoms with Gasteiger partial charge in [0.2, 0.25) is 0 Å². The topological polar surface area (TPSA) is 59.4 Å².